The number of halogens is 4. The van der Waals surface area contributed by atoms with E-state index < -0.39 is 27.2 Å². The Morgan fingerprint density at radius 2 is 1.89 bits per heavy atom. The molecule has 0 spiro atoms. The van der Waals surface area contributed by atoms with Gasteiger partial charge in [0.15, 0.2) is 9.84 Å². The summed E-state index contributed by atoms with van der Waals surface area (Å²) in [6.45, 7) is 2.78. The average molecular weight is 513 g/mol. The highest BCUT2D eigenvalue weighted by Crippen LogP contribution is 2.58. The van der Waals surface area contributed by atoms with Crippen LogP contribution in [0.3, 0.4) is 0 Å². The van der Waals surface area contributed by atoms with Gasteiger partial charge in [0.05, 0.1) is 22.2 Å². The van der Waals surface area contributed by atoms with Crippen molar-refractivity contribution in [2.24, 2.45) is 11.3 Å². The molecule has 10 heteroatoms. The third kappa shape index (κ3) is 4.55. The van der Waals surface area contributed by atoms with Gasteiger partial charge in [0.25, 0.3) is 0 Å². The van der Waals surface area contributed by atoms with E-state index in [0.717, 1.165) is 24.7 Å². The lowest BCUT2D eigenvalue weighted by molar-refractivity contribution is -0.192. The lowest BCUT2D eigenvalue weighted by atomic mass is 9.88. The van der Waals surface area contributed by atoms with Gasteiger partial charge in [0, 0.05) is 35.9 Å². The molecule has 35 heavy (non-hydrogen) atoms. The number of benzene rings is 1. The van der Waals surface area contributed by atoms with Gasteiger partial charge in [-0.25, -0.2) is 12.8 Å². The third-order valence-corrected chi connectivity index (χ3v) is 9.04. The van der Waals surface area contributed by atoms with Gasteiger partial charge in [-0.3, -0.25) is 4.98 Å². The van der Waals surface area contributed by atoms with E-state index in [9.17, 15) is 21.6 Å². The topological polar surface area (TPSA) is 59.5 Å². The first kappa shape index (κ1) is 24.5. The molecule has 3 heterocycles. The highest BCUT2D eigenvalue weighted by molar-refractivity contribution is 7.90. The van der Waals surface area contributed by atoms with Gasteiger partial charge in [0.1, 0.15) is 17.7 Å². The number of alkyl halides is 3. The Bertz CT molecular complexity index is 1250. The number of fused-ring (bicyclic) bond motifs is 1. The summed E-state index contributed by atoms with van der Waals surface area (Å²) in [5.74, 6) is 0.256. The molecule has 0 amide bonds. The van der Waals surface area contributed by atoms with E-state index in [1.807, 2.05) is 4.90 Å². The van der Waals surface area contributed by atoms with Gasteiger partial charge >= 0.3 is 6.18 Å². The minimum Gasteiger partial charge on any atom is -0.488 e. The number of ether oxygens (including phenoxy) is 1. The molecule has 1 saturated carbocycles. The summed E-state index contributed by atoms with van der Waals surface area (Å²) in [6.07, 6.45) is 1.03. The Hall–Kier alpha value is -2.20. The molecule has 1 unspecified atom stereocenters. The second-order valence-electron chi connectivity index (χ2n) is 10.3. The van der Waals surface area contributed by atoms with Crippen molar-refractivity contribution in [3.63, 3.8) is 0 Å². The quantitative estimate of drug-likeness (QED) is 0.531. The molecule has 2 aliphatic heterocycles. The second-order valence-corrected chi connectivity index (χ2v) is 12.2. The van der Waals surface area contributed by atoms with E-state index in [1.54, 1.807) is 12.3 Å². The van der Waals surface area contributed by atoms with Gasteiger partial charge < -0.3 is 9.64 Å². The van der Waals surface area contributed by atoms with Crippen LogP contribution in [0, 0.1) is 24.1 Å². The van der Waals surface area contributed by atoms with E-state index in [-0.39, 0.29) is 47.4 Å². The normalized spacial score (nSPS) is 22.6. The summed E-state index contributed by atoms with van der Waals surface area (Å²) in [5.41, 5.74) is 0.0978. The van der Waals surface area contributed by atoms with Gasteiger partial charge in [-0.05, 0) is 69.8 Å². The Morgan fingerprint density at radius 1 is 1.20 bits per heavy atom. The number of sulfone groups is 1. The fraction of sp³-hybridized carbons (Fsp3) is 0.560. The van der Waals surface area contributed by atoms with Crippen molar-refractivity contribution in [2.75, 3.05) is 25.9 Å². The molecule has 2 aromatic rings. The molecule has 1 aromatic carbocycles. The Balaban J connectivity index is 1.25. The van der Waals surface area contributed by atoms with E-state index in [1.165, 1.54) is 19.1 Å². The van der Waals surface area contributed by atoms with Crippen LogP contribution < -0.4 is 4.74 Å². The van der Waals surface area contributed by atoms with Crippen LogP contribution in [0.4, 0.5) is 17.6 Å². The van der Waals surface area contributed by atoms with Crippen molar-refractivity contribution in [1.29, 1.82) is 0 Å². The summed E-state index contributed by atoms with van der Waals surface area (Å²) in [5, 5.41) is 0. The molecule has 190 valence electrons. The van der Waals surface area contributed by atoms with Crippen molar-refractivity contribution in [1.82, 2.24) is 9.88 Å². The summed E-state index contributed by atoms with van der Waals surface area (Å²) < 4.78 is 84.8. The molecular weight excluding hydrogens is 484 g/mol. The molecule has 1 atom stereocenters. The van der Waals surface area contributed by atoms with E-state index >= 15 is 4.39 Å². The molecular formula is C25H28F4N2O3S. The first-order chi connectivity index (χ1) is 16.4. The largest absolute Gasteiger partial charge is 0.488 e. The molecule has 0 bridgehead atoms. The number of hydrogen-bond acceptors (Lipinski definition) is 5. The minimum absolute atomic E-state index is 0.0440. The lowest BCUT2D eigenvalue weighted by Gasteiger charge is -2.36. The molecule has 0 N–H and O–H groups in total. The minimum atomic E-state index is -4.13. The Morgan fingerprint density at radius 3 is 2.49 bits per heavy atom. The van der Waals surface area contributed by atoms with E-state index in [2.05, 4.69) is 4.98 Å². The number of rotatable bonds is 5. The van der Waals surface area contributed by atoms with Crippen molar-refractivity contribution in [3.8, 4) is 17.0 Å². The number of piperidine rings is 1. The Labute approximate surface area is 202 Å². The van der Waals surface area contributed by atoms with Crippen LogP contribution in [-0.2, 0) is 16.3 Å². The van der Waals surface area contributed by atoms with Crippen LogP contribution in [0.25, 0.3) is 11.3 Å². The van der Waals surface area contributed by atoms with Crippen molar-refractivity contribution >= 4 is 9.84 Å². The molecule has 0 radical (unpaired) electrons. The van der Waals surface area contributed by atoms with E-state index in [0.29, 0.717) is 31.0 Å². The number of nitrogens with zero attached hydrogens (tertiary/aromatic N) is 2. The highest BCUT2D eigenvalue weighted by atomic mass is 32.2. The smallest absolute Gasteiger partial charge is 0.395 e. The first-order valence-corrected chi connectivity index (χ1v) is 13.7. The fourth-order valence-electron chi connectivity index (χ4n) is 5.44. The zero-order valence-electron chi connectivity index (χ0n) is 19.7. The first-order valence-electron chi connectivity index (χ1n) is 11.8. The maximum atomic E-state index is 15.0. The molecule has 5 rings (SSSR count). The fourth-order valence-corrected chi connectivity index (χ4v) is 6.40. The SMILES string of the molecule is Cc1c(S(C)(=O)=O)ccc(-c2cc3c(cn2)OC(C2CCN(CC4(C(F)(F)F)CC4)CC2)C3)c1F. The van der Waals surface area contributed by atoms with Crippen LogP contribution in [-0.4, -0.2) is 56.5 Å². The van der Waals surface area contributed by atoms with Gasteiger partial charge in [-0.15, -0.1) is 0 Å². The zero-order chi connectivity index (χ0) is 25.2. The zero-order valence-corrected chi connectivity index (χ0v) is 20.5. The molecule has 1 aliphatic carbocycles. The second kappa shape index (κ2) is 8.44. The van der Waals surface area contributed by atoms with Crippen LogP contribution in [0.2, 0.25) is 0 Å². The maximum Gasteiger partial charge on any atom is 0.395 e. The summed E-state index contributed by atoms with van der Waals surface area (Å²) >= 11 is 0. The molecule has 1 aromatic heterocycles. The van der Waals surface area contributed by atoms with Gasteiger partial charge in [-0.1, -0.05) is 0 Å². The van der Waals surface area contributed by atoms with Crippen molar-refractivity contribution in [3.05, 3.63) is 41.3 Å². The van der Waals surface area contributed by atoms with Crippen molar-refractivity contribution in [2.45, 2.75) is 56.2 Å². The number of aromatic nitrogens is 1. The summed E-state index contributed by atoms with van der Waals surface area (Å²) in [4.78, 5) is 6.24. The van der Waals surface area contributed by atoms with Crippen LogP contribution in [0.5, 0.6) is 5.75 Å². The predicted octanol–water partition coefficient (Wildman–Crippen LogP) is 4.96. The van der Waals surface area contributed by atoms with Crippen LogP contribution in [0.1, 0.15) is 36.8 Å². The van der Waals surface area contributed by atoms with Crippen molar-refractivity contribution < 1.29 is 30.7 Å². The standard InChI is InChI=1S/C25H28F4N2O3S/c1-15-22(35(2,32)33)4-3-18(23(15)26)19-11-17-12-20(34-21(17)13-30-19)16-5-9-31(10-6-16)14-24(7-8-24)25(27,28)29/h3-4,11,13,16,20H,5-10,12,14H2,1-2H3. The molecule has 2 fully saturated rings. The summed E-state index contributed by atoms with van der Waals surface area (Å²) in [7, 11) is -3.54. The molecule has 3 aliphatic rings. The molecule has 1 saturated heterocycles. The molecule has 5 nitrogen and oxygen atoms in total. The lowest BCUT2D eigenvalue weighted by Crippen LogP contribution is -2.44. The van der Waals surface area contributed by atoms with Crippen LogP contribution in [0.15, 0.2) is 29.3 Å². The maximum absolute atomic E-state index is 15.0. The predicted molar refractivity (Wildman–Crippen MR) is 122 cm³/mol. The van der Waals surface area contributed by atoms with E-state index in [4.69, 9.17) is 4.74 Å². The third-order valence-electron chi connectivity index (χ3n) is 7.80. The summed E-state index contributed by atoms with van der Waals surface area (Å²) in [6, 6.07) is 4.61. The monoisotopic (exact) mass is 512 g/mol. The number of pyridine rings is 1. The highest BCUT2D eigenvalue weighted by Gasteiger charge is 2.63. The van der Waals surface area contributed by atoms with Gasteiger partial charge in [0.2, 0.25) is 0 Å². The van der Waals surface area contributed by atoms with Crippen LogP contribution >= 0.6 is 0 Å². The Kier molecular flexibility index (Phi) is 5.90. The average Bonchev–Trinajstić information content (AvgIpc) is 3.45. The van der Waals surface area contributed by atoms with Gasteiger partial charge in [-0.2, -0.15) is 13.2 Å². The number of hydrogen-bond donors (Lipinski definition) is 0. The number of likely N-dealkylation sites (tertiary alicyclic amines) is 1.